The van der Waals surface area contributed by atoms with E-state index in [1.807, 2.05) is 0 Å². The predicted molar refractivity (Wildman–Crippen MR) is 54.3 cm³/mol. The van der Waals surface area contributed by atoms with Crippen LogP contribution >= 0.6 is 0 Å². The van der Waals surface area contributed by atoms with Gasteiger partial charge in [0.15, 0.2) is 0 Å². The molecule has 0 amide bonds. The number of ether oxygens (including phenoxy) is 2. The highest BCUT2D eigenvalue weighted by Crippen LogP contribution is 2.14. The Balaban J connectivity index is 1.75. The van der Waals surface area contributed by atoms with Crippen LogP contribution in [0.25, 0.3) is 0 Å². The second kappa shape index (κ2) is 8.17. The highest BCUT2D eigenvalue weighted by molar-refractivity contribution is 4.65. The van der Waals surface area contributed by atoms with Crippen LogP contribution in [-0.4, -0.2) is 51.2 Å². The van der Waals surface area contributed by atoms with E-state index in [1.54, 1.807) is 0 Å². The lowest BCUT2D eigenvalue weighted by Gasteiger charge is -2.08. The Labute approximate surface area is 85.6 Å². The molecular formula is C10H21NO3. The minimum absolute atomic E-state index is 0.111. The summed E-state index contributed by atoms with van der Waals surface area (Å²) in [4.78, 5) is 0. The highest BCUT2D eigenvalue weighted by atomic mass is 16.5. The van der Waals surface area contributed by atoms with Crippen LogP contribution in [0.15, 0.2) is 0 Å². The Morgan fingerprint density at radius 1 is 1.36 bits per heavy atom. The van der Waals surface area contributed by atoms with Crippen molar-refractivity contribution in [1.82, 2.24) is 5.32 Å². The molecule has 4 heteroatoms. The van der Waals surface area contributed by atoms with Crippen LogP contribution in [0.5, 0.6) is 0 Å². The molecular weight excluding hydrogens is 182 g/mol. The third kappa shape index (κ3) is 5.54. The molecule has 1 saturated heterocycles. The molecule has 1 rings (SSSR count). The normalized spacial score (nSPS) is 21.6. The van der Waals surface area contributed by atoms with Crippen LogP contribution in [0.1, 0.15) is 12.8 Å². The molecule has 4 nitrogen and oxygen atoms in total. The maximum atomic E-state index is 8.45. The number of rotatable bonds is 8. The second-order valence-electron chi connectivity index (χ2n) is 3.60. The summed E-state index contributed by atoms with van der Waals surface area (Å²) in [6, 6.07) is 0. The fraction of sp³-hybridized carbons (Fsp3) is 1.00. The number of aliphatic hydroxyl groups excluding tert-OH is 1. The smallest absolute Gasteiger partial charge is 0.0698 e. The number of nitrogens with one attached hydrogen (secondary N) is 1. The first-order chi connectivity index (χ1) is 6.93. The molecule has 0 aromatic heterocycles. The molecule has 1 unspecified atom stereocenters. The largest absolute Gasteiger partial charge is 0.394 e. The molecule has 84 valence electrons. The fourth-order valence-corrected chi connectivity index (χ4v) is 1.55. The number of hydrogen-bond acceptors (Lipinski definition) is 4. The van der Waals surface area contributed by atoms with Gasteiger partial charge in [-0.05, 0) is 25.3 Å². The van der Waals surface area contributed by atoms with Gasteiger partial charge in [-0.3, -0.25) is 0 Å². The lowest BCUT2D eigenvalue weighted by molar-refractivity contribution is 0.0937. The van der Waals surface area contributed by atoms with Gasteiger partial charge in [0.2, 0.25) is 0 Å². The van der Waals surface area contributed by atoms with Crippen LogP contribution in [0, 0.1) is 5.92 Å². The van der Waals surface area contributed by atoms with Gasteiger partial charge < -0.3 is 19.9 Å². The molecule has 1 aliphatic rings. The number of aliphatic hydroxyl groups is 1. The van der Waals surface area contributed by atoms with E-state index in [-0.39, 0.29) is 6.61 Å². The van der Waals surface area contributed by atoms with Crippen molar-refractivity contribution in [2.24, 2.45) is 5.92 Å². The van der Waals surface area contributed by atoms with Gasteiger partial charge in [-0.25, -0.2) is 0 Å². The fourth-order valence-electron chi connectivity index (χ4n) is 1.55. The zero-order valence-electron chi connectivity index (χ0n) is 8.71. The molecule has 0 aliphatic carbocycles. The van der Waals surface area contributed by atoms with Gasteiger partial charge in [-0.1, -0.05) is 0 Å². The average Bonchev–Trinajstić information content (AvgIpc) is 2.69. The quantitative estimate of drug-likeness (QED) is 0.546. The van der Waals surface area contributed by atoms with E-state index < -0.39 is 0 Å². The van der Waals surface area contributed by atoms with Gasteiger partial charge in [-0.15, -0.1) is 0 Å². The van der Waals surface area contributed by atoms with Crippen LogP contribution in [-0.2, 0) is 9.47 Å². The van der Waals surface area contributed by atoms with Crippen molar-refractivity contribution < 1.29 is 14.6 Å². The molecule has 0 radical (unpaired) electrons. The van der Waals surface area contributed by atoms with E-state index in [4.69, 9.17) is 14.6 Å². The van der Waals surface area contributed by atoms with Crippen LogP contribution in [0.4, 0.5) is 0 Å². The van der Waals surface area contributed by atoms with Crippen molar-refractivity contribution in [2.75, 3.05) is 46.1 Å². The van der Waals surface area contributed by atoms with Crippen molar-refractivity contribution in [3.8, 4) is 0 Å². The summed E-state index contributed by atoms with van der Waals surface area (Å²) in [5, 5.41) is 11.8. The SMILES string of the molecule is OCCOCCNCCC1CCOC1. The lowest BCUT2D eigenvalue weighted by Crippen LogP contribution is -2.23. The second-order valence-corrected chi connectivity index (χ2v) is 3.60. The Morgan fingerprint density at radius 3 is 3.00 bits per heavy atom. The first kappa shape index (κ1) is 11.9. The maximum Gasteiger partial charge on any atom is 0.0698 e. The summed E-state index contributed by atoms with van der Waals surface area (Å²) in [5.74, 6) is 0.751. The molecule has 0 saturated carbocycles. The van der Waals surface area contributed by atoms with Crippen molar-refractivity contribution >= 4 is 0 Å². The van der Waals surface area contributed by atoms with Gasteiger partial charge >= 0.3 is 0 Å². The zero-order valence-corrected chi connectivity index (χ0v) is 8.71. The molecule has 1 aliphatic heterocycles. The van der Waals surface area contributed by atoms with E-state index in [9.17, 15) is 0 Å². The van der Waals surface area contributed by atoms with E-state index >= 15 is 0 Å². The molecule has 0 aromatic rings. The first-order valence-corrected chi connectivity index (χ1v) is 5.40. The Kier molecular flexibility index (Phi) is 6.95. The van der Waals surface area contributed by atoms with Crippen molar-refractivity contribution in [2.45, 2.75) is 12.8 Å². The van der Waals surface area contributed by atoms with E-state index in [0.717, 1.165) is 32.2 Å². The molecule has 1 heterocycles. The summed E-state index contributed by atoms with van der Waals surface area (Å²) in [5.41, 5.74) is 0. The molecule has 2 N–H and O–H groups in total. The van der Waals surface area contributed by atoms with Gasteiger partial charge in [0.1, 0.15) is 0 Å². The third-order valence-corrected chi connectivity index (χ3v) is 2.41. The van der Waals surface area contributed by atoms with Gasteiger partial charge in [-0.2, -0.15) is 0 Å². The summed E-state index contributed by atoms with van der Waals surface area (Å²) in [7, 11) is 0. The summed E-state index contributed by atoms with van der Waals surface area (Å²) >= 11 is 0. The van der Waals surface area contributed by atoms with Crippen molar-refractivity contribution in [3.05, 3.63) is 0 Å². The van der Waals surface area contributed by atoms with Gasteiger partial charge in [0, 0.05) is 19.8 Å². The Bertz CT molecular complexity index is 127. The highest BCUT2D eigenvalue weighted by Gasteiger charge is 2.14. The van der Waals surface area contributed by atoms with Crippen LogP contribution in [0.3, 0.4) is 0 Å². The standard InChI is InChI=1S/C10H21NO3/c12-5-8-13-7-4-11-3-1-10-2-6-14-9-10/h10-12H,1-9H2. The van der Waals surface area contributed by atoms with Crippen LogP contribution < -0.4 is 5.32 Å². The third-order valence-electron chi connectivity index (χ3n) is 2.41. The molecule has 0 aromatic carbocycles. The average molecular weight is 203 g/mol. The monoisotopic (exact) mass is 203 g/mol. The Hall–Kier alpha value is -0.160. The van der Waals surface area contributed by atoms with Crippen molar-refractivity contribution in [1.29, 1.82) is 0 Å². The maximum absolute atomic E-state index is 8.45. The molecule has 1 atom stereocenters. The zero-order chi connectivity index (χ0) is 10.1. The predicted octanol–water partition coefficient (Wildman–Crippen LogP) is 0.0115. The summed E-state index contributed by atoms with van der Waals surface area (Å²) in [6.07, 6.45) is 2.41. The molecule has 0 bridgehead atoms. The molecule has 0 spiro atoms. The van der Waals surface area contributed by atoms with E-state index in [1.165, 1.54) is 12.8 Å². The summed E-state index contributed by atoms with van der Waals surface area (Å²) in [6.45, 7) is 5.01. The number of hydrogen-bond donors (Lipinski definition) is 2. The molecule has 14 heavy (non-hydrogen) atoms. The van der Waals surface area contributed by atoms with Gasteiger partial charge in [0.25, 0.3) is 0 Å². The van der Waals surface area contributed by atoms with Gasteiger partial charge in [0.05, 0.1) is 19.8 Å². The molecule has 1 fully saturated rings. The Morgan fingerprint density at radius 2 is 2.29 bits per heavy atom. The topological polar surface area (TPSA) is 50.7 Å². The van der Waals surface area contributed by atoms with E-state index in [2.05, 4.69) is 5.32 Å². The van der Waals surface area contributed by atoms with E-state index in [0.29, 0.717) is 13.2 Å². The summed E-state index contributed by atoms with van der Waals surface area (Å²) < 4.78 is 10.4. The van der Waals surface area contributed by atoms with Crippen molar-refractivity contribution in [3.63, 3.8) is 0 Å². The first-order valence-electron chi connectivity index (χ1n) is 5.40. The minimum Gasteiger partial charge on any atom is -0.394 e. The lowest BCUT2D eigenvalue weighted by atomic mass is 10.1. The van der Waals surface area contributed by atoms with Crippen LogP contribution in [0.2, 0.25) is 0 Å². The minimum atomic E-state index is 0.111.